The van der Waals surface area contributed by atoms with Gasteiger partial charge in [-0.2, -0.15) is 0 Å². The van der Waals surface area contributed by atoms with Crippen LogP contribution in [-0.4, -0.2) is 0 Å². The maximum atomic E-state index is 6.29. The Labute approximate surface area is 174 Å². The quantitative estimate of drug-likeness (QED) is 0.288. The maximum Gasteiger partial charge on any atom is 0.201 e. The van der Waals surface area contributed by atoms with Crippen molar-refractivity contribution in [3.8, 4) is 11.5 Å². The highest BCUT2D eigenvalue weighted by atomic mass is 31.1. The topological polar surface area (TPSA) is 35.5 Å². The van der Waals surface area contributed by atoms with Crippen molar-refractivity contribution in [1.82, 2.24) is 0 Å². The van der Waals surface area contributed by atoms with E-state index >= 15 is 0 Å². The van der Waals surface area contributed by atoms with Crippen molar-refractivity contribution >= 4 is 52.2 Å². The first kappa shape index (κ1) is 17.2. The minimum Gasteiger partial charge on any atom is -0.453 e. The molecule has 6 rings (SSSR count). The highest BCUT2D eigenvalue weighted by molar-refractivity contribution is 7.15. The Hall–Kier alpha value is -3.68. The molecule has 0 radical (unpaired) electrons. The SMILES string of the molecule is c1ccc(Oc2cc3ccccc3c3c2o[pH]oc2ccc4ccccc4c23)cc1. The summed E-state index contributed by atoms with van der Waals surface area (Å²) in [4.78, 5) is 0. The minimum absolute atomic E-state index is 0.152. The van der Waals surface area contributed by atoms with Crippen molar-refractivity contribution in [2.45, 2.75) is 0 Å². The van der Waals surface area contributed by atoms with Crippen molar-refractivity contribution < 1.29 is 13.1 Å². The summed E-state index contributed by atoms with van der Waals surface area (Å²) in [5.74, 6) is 1.46. The average molecular weight is 408 g/mol. The molecular weight excluding hydrogens is 391 g/mol. The Bertz CT molecular complexity index is 1570. The molecule has 0 amide bonds. The smallest absolute Gasteiger partial charge is 0.201 e. The molecule has 0 bridgehead atoms. The van der Waals surface area contributed by atoms with Gasteiger partial charge in [-0.15, -0.1) is 0 Å². The van der Waals surface area contributed by atoms with Gasteiger partial charge in [0.05, 0.1) is 0 Å². The number of rotatable bonds is 2. The van der Waals surface area contributed by atoms with E-state index in [-0.39, 0.29) is 8.67 Å². The summed E-state index contributed by atoms with van der Waals surface area (Å²) in [6, 6.07) is 32.7. The lowest BCUT2D eigenvalue weighted by molar-refractivity contribution is 0.479. The van der Waals surface area contributed by atoms with E-state index in [2.05, 4.69) is 48.5 Å². The Kier molecular flexibility index (Phi) is 4.00. The third-order valence-corrected chi connectivity index (χ3v) is 5.97. The van der Waals surface area contributed by atoms with Crippen LogP contribution in [0.4, 0.5) is 0 Å². The average Bonchev–Trinajstić information content (AvgIpc) is 3.00. The summed E-state index contributed by atoms with van der Waals surface area (Å²) in [6.07, 6.45) is 0. The Balaban J connectivity index is 1.84. The first-order chi connectivity index (χ1) is 14.9. The molecule has 0 saturated carbocycles. The third-order valence-electron chi connectivity index (χ3n) is 5.37. The fourth-order valence-electron chi connectivity index (χ4n) is 4.05. The van der Waals surface area contributed by atoms with E-state index in [0.29, 0.717) is 11.3 Å². The molecule has 3 nitrogen and oxygen atoms in total. The van der Waals surface area contributed by atoms with E-state index < -0.39 is 0 Å². The predicted octanol–water partition coefficient (Wildman–Crippen LogP) is 8.43. The molecular formula is C26H17O3P. The zero-order valence-electron chi connectivity index (χ0n) is 16.0. The molecule has 1 heterocycles. The van der Waals surface area contributed by atoms with E-state index in [0.717, 1.165) is 43.6 Å². The number of hydrogen-bond donors (Lipinski definition) is 0. The van der Waals surface area contributed by atoms with Gasteiger partial charge in [0, 0.05) is 10.8 Å². The van der Waals surface area contributed by atoms with Gasteiger partial charge in [0.2, 0.25) is 8.67 Å². The molecule has 1 unspecified atom stereocenters. The van der Waals surface area contributed by atoms with E-state index in [1.165, 1.54) is 0 Å². The zero-order chi connectivity index (χ0) is 19.9. The normalized spacial score (nSPS) is 11.6. The molecule has 5 aromatic carbocycles. The van der Waals surface area contributed by atoms with Crippen LogP contribution in [0.15, 0.2) is 105 Å². The summed E-state index contributed by atoms with van der Waals surface area (Å²) >= 11 is 0. The Morgan fingerprint density at radius 3 is 2.13 bits per heavy atom. The molecule has 1 aromatic heterocycles. The summed E-state index contributed by atoms with van der Waals surface area (Å²) in [5.41, 5.74) is 1.54. The molecule has 0 N–H and O–H groups in total. The highest BCUT2D eigenvalue weighted by Crippen LogP contribution is 2.42. The Morgan fingerprint density at radius 1 is 0.600 bits per heavy atom. The number of fused-ring (bicyclic) bond motifs is 7. The van der Waals surface area contributed by atoms with Gasteiger partial charge >= 0.3 is 0 Å². The molecule has 30 heavy (non-hydrogen) atoms. The summed E-state index contributed by atoms with van der Waals surface area (Å²) in [7, 11) is -0.152. The maximum absolute atomic E-state index is 6.29. The lowest BCUT2D eigenvalue weighted by atomic mass is 9.98. The lowest BCUT2D eigenvalue weighted by Gasteiger charge is -2.11. The molecule has 0 aliphatic carbocycles. The lowest BCUT2D eigenvalue weighted by Crippen LogP contribution is -1.87. The van der Waals surface area contributed by atoms with Gasteiger partial charge in [-0.05, 0) is 45.8 Å². The summed E-state index contributed by atoms with van der Waals surface area (Å²) < 4.78 is 18.5. The second-order valence-electron chi connectivity index (χ2n) is 7.16. The van der Waals surface area contributed by atoms with Gasteiger partial charge in [-0.25, -0.2) is 0 Å². The molecule has 0 spiro atoms. The van der Waals surface area contributed by atoms with Crippen LogP contribution in [0, 0.1) is 0 Å². The van der Waals surface area contributed by atoms with Gasteiger partial charge in [0.25, 0.3) is 0 Å². The fourth-order valence-corrected chi connectivity index (χ4v) is 4.63. The Morgan fingerprint density at radius 2 is 1.30 bits per heavy atom. The molecule has 0 aliphatic rings. The summed E-state index contributed by atoms with van der Waals surface area (Å²) in [6.45, 7) is 0. The second kappa shape index (κ2) is 6.98. The first-order valence-corrected chi connectivity index (χ1v) is 10.6. The fraction of sp³-hybridized carbons (Fsp3) is 0. The van der Waals surface area contributed by atoms with E-state index in [9.17, 15) is 0 Å². The zero-order valence-corrected chi connectivity index (χ0v) is 17.0. The van der Waals surface area contributed by atoms with Gasteiger partial charge in [-0.1, -0.05) is 72.8 Å². The van der Waals surface area contributed by atoms with E-state index in [4.69, 9.17) is 13.1 Å². The second-order valence-corrected chi connectivity index (χ2v) is 7.74. The number of hydrogen-bond acceptors (Lipinski definition) is 3. The van der Waals surface area contributed by atoms with Crippen molar-refractivity contribution in [3.63, 3.8) is 0 Å². The van der Waals surface area contributed by atoms with Crippen LogP contribution in [0.2, 0.25) is 0 Å². The van der Waals surface area contributed by atoms with Crippen LogP contribution in [0.25, 0.3) is 43.5 Å². The van der Waals surface area contributed by atoms with Gasteiger partial charge < -0.3 is 13.1 Å². The number of ether oxygens (including phenoxy) is 1. The van der Waals surface area contributed by atoms with Crippen LogP contribution < -0.4 is 4.74 Å². The van der Waals surface area contributed by atoms with Crippen molar-refractivity contribution in [2.24, 2.45) is 0 Å². The largest absolute Gasteiger partial charge is 0.453 e. The summed E-state index contributed by atoms with van der Waals surface area (Å²) in [5, 5.41) is 6.55. The predicted molar refractivity (Wildman–Crippen MR) is 125 cm³/mol. The van der Waals surface area contributed by atoms with Gasteiger partial charge in [0.15, 0.2) is 11.3 Å². The number of benzene rings is 5. The minimum atomic E-state index is -0.152. The monoisotopic (exact) mass is 408 g/mol. The van der Waals surface area contributed by atoms with Gasteiger partial charge in [0.1, 0.15) is 11.3 Å². The molecule has 144 valence electrons. The van der Waals surface area contributed by atoms with Crippen LogP contribution in [0.3, 0.4) is 0 Å². The van der Waals surface area contributed by atoms with Crippen molar-refractivity contribution in [1.29, 1.82) is 0 Å². The molecule has 0 saturated heterocycles. The molecule has 1 atom stereocenters. The first-order valence-electron chi connectivity index (χ1n) is 9.78. The molecule has 6 aromatic rings. The third kappa shape index (κ3) is 2.75. The van der Waals surface area contributed by atoms with Crippen molar-refractivity contribution in [3.05, 3.63) is 97.1 Å². The van der Waals surface area contributed by atoms with E-state index in [1.54, 1.807) is 0 Å². The van der Waals surface area contributed by atoms with Gasteiger partial charge in [-0.3, -0.25) is 0 Å². The molecule has 0 fully saturated rings. The van der Waals surface area contributed by atoms with E-state index in [1.807, 2.05) is 48.5 Å². The molecule has 4 heteroatoms. The number of para-hydroxylation sites is 1. The van der Waals surface area contributed by atoms with Crippen LogP contribution >= 0.6 is 8.67 Å². The van der Waals surface area contributed by atoms with Crippen LogP contribution in [-0.2, 0) is 0 Å². The molecule has 0 aliphatic heterocycles. The highest BCUT2D eigenvalue weighted by Gasteiger charge is 2.15. The standard InChI is InChI=1S/C26H17O3P/c1-2-10-19(11-3-1)27-23-16-18-9-5-7-13-21(18)25-24-20-12-6-4-8-17(20)14-15-22(24)28-30-29-26(23)25/h1-16,30H. The van der Waals surface area contributed by atoms with Crippen molar-refractivity contribution in [2.75, 3.05) is 0 Å². The van der Waals surface area contributed by atoms with Crippen LogP contribution in [0.5, 0.6) is 11.5 Å². The van der Waals surface area contributed by atoms with Crippen LogP contribution in [0.1, 0.15) is 0 Å².